The maximum Gasteiger partial charge on any atom is 0.336 e. The Morgan fingerprint density at radius 2 is 1.97 bits per heavy atom. The molecule has 2 aromatic rings. The molecule has 2 heterocycles. The van der Waals surface area contributed by atoms with Crippen molar-refractivity contribution in [1.29, 1.82) is 0 Å². The Morgan fingerprint density at radius 3 is 2.52 bits per heavy atom. The van der Waals surface area contributed by atoms with E-state index in [4.69, 9.17) is 9.47 Å². The second kappa shape index (κ2) is 8.41. The fourth-order valence-electron chi connectivity index (χ4n) is 3.57. The summed E-state index contributed by atoms with van der Waals surface area (Å²) in [6.45, 7) is 7.72. The van der Waals surface area contributed by atoms with Gasteiger partial charge < -0.3 is 19.1 Å². The molecule has 0 radical (unpaired) electrons. The lowest BCUT2D eigenvalue weighted by Gasteiger charge is -2.23. The zero-order valence-corrected chi connectivity index (χ0v) is 17.3. The molecule has 1 aliphatic heterocycles. The Kier molecular flexibility index (Phi) is 6.13. The molecule has 3 rings (SSSR count). The van der Waals surface area contributed by atoms with Gasteiger partial charge in [-0.25, -0.2) is 4.79 Å². The number of hydrogen-bond donors (Lipinski definition) is 1. The molecule has 1 aliphatic rings. The highest BCUT2D eigenvalue weighted by molar-refractivity contribution is 5.78. The van der Waals surface area contributed by atoms with E-state index in [2.05, 4.69) is 32.9 Å². The van der Waals surface area contributed by atoms with E-state index >= 15 is 0 Å². The quantitative estimate of drug-likeness (QED) is 0.772. The lowest BCUT2D eigenvalue weighted by atomic mass is 9.87. The molecule has 1 aromatic carbocycles. The first kappa shape index (κ1) is 21.1. The highest BCUT2D eigenvalue weighted by Gasteiger charge is 2.42. The van der Waals surface area contributed by atoms with E-state index in [1.165, 1.54) is 11.6 Å². The number of nitrogens with zero attached hydrogens (tertiary/aromatic N) is 1. The van der Waals surface area contributed by atoms with Crippen molar-refractivity contribution >= 4 is 5.97 Å². The van der Waals surface area contributed by atoms with Gasteiger partial charge in [-0.15, -0.1) is 0 Å². The molecule has 29 heavy (non-hydrogen) atoms. The standard InChI is InChI=1S/C23H29NO5/c1-22(2,3)18-5-7-19(8-6-18)28-14-12-24-11-9-17(15-20(24)25)16-23(21(26)27)10-4-13-29-23/h5-9,11,15H,4,10,12-14,16H2,1-3H3,(H,26,27). The van der Waals surface area contributed by atoms with Crippen LogP contribution in [0.25, 0.3) is 0 Å². The third kappa shape index (κ3) is 5.07. The van der Waals surface area contributed by atoms with Crippen LogP contribution in [0.1, 0.15) is 44.7 Å². The first-order chi connectivity index (χ1) is 13.7. The Morgan fingerprint density at radius 1 is 1.24 bits per heavy atom. The van der Waals surface area contributed by atoms with Crippen molar-refractivity contribution in [3.8, 4) is 5.75 Å². The van der Waals surface area contributed by atoms with E-state index in [1.54, 1.807) is 16.8 Å². The Hall–Kier alpha value is -2.60. The summed E-state index contributed by atoms with van der Waals surface area (Å²) >= 11 is 0. The number of benzene rings is 1. The van der Waals surface area contributed by atoms with Crippen LogP contribution in [0.15, 0.2) is 47.4 Å². The number of ether oxygens (including phenoxy) is 2. The monoisotopic (exact) mass is 399 g/mol. The van der Waals surface area contributed by atoms with Crippen LogP contribution in [0.3, 0.4) is 0 Å². The maximum absolute atomic E-state index is 12.4. The highest BCUT2D eigenvalue weighted by atomic mass is 16.5. The molecule has 1 atom stereocenters. The third-order valence-corrected chi connectivity index (χ3v) is 5.36. The second-order valence-corrected chi connectivity index (χ2v) is 8.62. The van der Waals surface area contributed by atoms with Gasteiger partial charge in [0.05, 0.1) is 6.54 Å². The van der Waals surface area contributed by atoms with Gasteiger partial charge in [0.2, 0.25) is 0 Å². The van der Waals surface area contributed by atoms with Crippen molar-refractivity contribution in [2.75, 3.05) is 13.2 Å². The van der Waals surface area contributed by atoms with Crippen LogP contribution in [-0.2, 0) is 27.9 Å². The Labute approximate surface area is 171 Å². The smallest absolute Gasteiger partial charge is 0.336 e. The Balaban J connectivity index is 1.58. The van der Waals surface area contributed by atoms with Crippen LogP contribution in [0.4, 0.5) is 0 Å². The average Bonchev–Trinajstić information content (AvgIpc) is 3.13. The van der Waals surface area contributed by atoms with E-state index < -0.39 is 11.6 Å². The number of carboxylic acid groups (broad SMARTS) is 1. The number of aliphatic carboxylic acids is 1. The van der Waals surface area contributed by atoms with Gasteiger partial charge >= 0.3 is 5.97 Å². The normalized spacial score (nSPS) is 19.3. The fraction of sp³-hybridized carbons (Fsp3) is 0.478. The van der Waals surface area contributed by atoms with E-state index in [0.29, 0.717) is 31.7 Å². The second-order valence-electron chi connectivity index (χ2n) is 8.62. The fourth-order valence-corrected chi connectivity index (χ4v) is 3.57. The summed E-state index contributed by atoms with van der Waals surface area (Å²) in [6, 6.07) is 11.3. The highest BCUT2D eigenvalue weighted by Crippen LogP contribution is 2.29. The summed E-state index contributed by atoms with van der Waals surface area (Å²) in [4.78, 5) is 24.0. The van der Waals surface area contributed by atoms with Gasteiger partial charge in [-0.05, 0) is 47.6 Å². The molecule has 1 saturated heterocycles. The summed E-state index contributed by atoms with van der Waals surface area (Å²) < 4.78 is 12.8. The molecule has 0 amide bonds. The molecule has 6 nitrogen and oxygen atoms in total. The maximum atomic E-state index is 12.4. The molecule has 1 aromatic heterocycles. The van der Waals surface area contributed by atoms with E-state index in [9.17, 15) is 14.7 Å². The molecule has 1 unspecified atom stereocenters. The first-order valence-electron chi connectivity index (χ1n) is 10.00. The minimum Gasteiger partial charge on any atom is -0.492 e. The van der Waals surface area contributed by atoms with Crippen LogP contribution in [-0.4, -0.2) is 34.5 Å². The molecule has 0 aliphatic carbocycles. The van der Waals surface area contributed by atoms with Gasteiger partial charge in [0, 0.05) is 25.3 Å². The molecule has 0 spiro atoms. The van der Waals surface area contributed by atoms with Crippen molar-refractivity contribution in [2.45, 2.75) is 57.6 Å². The van der Waals surface area contributed by atoms with Crippen LogP contribution in [0, 0.1) is 0 Å². The van der Waals surface area contributed by atoms with E-state index in [-0.39, 0.29) is 17.4 Å². The number of carboxylic acids is 1. The summed E-state index contributed by atoms with van der Waals surface area (Å²) in [5, 5.41) is 9.51. The minimum absolute atomic E-state index is 0.0936. The predicted molar refractivity (Wildman–Crippen MR) is 111 cm³/mol. The van der Waals surface area contributed by atoms with Crippen molar-refractivity contribution in [3.63, 3.8) is 0 Å². The van der Waals surface area contributed by atoms with E-state index in [0.717, 1.165) is 12.2 Å². The predicted octanol–water partition coefficient (Wildman–Crippen LogP) is 3.40. The summed E-state index contributed by atoms with van der Waals surface area (Å²) in [5.74, 6) is -0.200. The topological polar surface area (TPSA) is 77.8 Å². The molecule has 1 fully saturated rings. The van der Waals surface area contributed by atoms with Gasteiger partial charge in [-0.3, -0.25) is 4.79 Å². The molecule has 0 bridgehead atoms. The average molecular weight is 399 g/mol. The number of hydrogen-bond acceptors (Lipinski definition) is 4. The van der Waals surface area contributed by atoms with E-state index in [1.807, 2.05) is 12.1 Å². The lowest BCUT2D eigenvalue weighted by Crippen LogP contribution is -2.40. The van der Waals surface area contributed by atoms with Crippen LogP contribution in [0.5, 0.6) is 5.75 Å². The van der Waals surface area contributed by atoms with Gasteiger partial charge in [0.15, 0.2) is 5.60 Å². The number of aromatic nitrogens is 1. The zero-order chi connectivity index (χ0) is 21.1. The number of pyridine rings is 1. The largest absolute Gasteiger partial charge is 0.492 e. The number of carbonyl (C=O) groups is 1. The number of rotatable bonds is 7. The molecular formula is C23H29NO5. The van der Waals surface area contributed by atoms with Crippen LogP contribution in [0.2, 0.25) is 0 Å². The summed E-state index contributed by atoms with van der Waals surface area (Å²) in [6.07, 6.45) is 3.08. The van der Waals surface area contributed by atoms with Crippen molar-refractivity contribution in [2.24, 2.45) is 0 Å². The summed E-state index contributed by atoms with van der Waals surface area (Å²) in [5.41, 5.74) is 0.626. The minimum atomic E-state index is -1.21. The molecule has 1 N–H and O–H groups in total. The van der Waals surface area contributed by atoms with Crippen molar-refractivity contribution < 1.29 is 19.4 Å². The SMILES string of the molecule is CC(C)(C)c1ccc(OCCn2ccc(CC3(C(=O)O)CCCO3)cc2=O)cc1. The molecule has 6 heteroatoms. The lowest BCUT2D eigenvalue weighted by molar-refractivity contribution is -0.159. The van der Waals surface area contributed by atoms with Crippen molar-refractivity contribution in [1.82, 2.24) is 4.57 Å². The molecule has 0 saturated carbocycles. The van der Waals surface area contributed by atoms with Gasteiger partial charge in [0.25, 0.3) is 5.56 Å². The van der Waals surface area contributed by atoms with Crippen LogP contribution >= 0.6 is 0 Å². The Bertz CT molecular complexity index is 902. The van der Waals surface area contributed by atoms with Gasteiger partial charge in [0.1, 0.15) is 12.4 Å². The third-order valence-electron chi connectivity index (χ3n) is 5.36. The molecule has 156 valence electrons. The van der Waals surface area contributed by atoms with Crippen molar-refractivity contribution in [3.05, 3.63) is 64.1 Å². The van der Waals surface area contributed by atoms with Gasteiger partial charge in [-0.1, -0.05) is 32.9 Å². The van der Waals surface area contributed by atoms with Crippen LogP contribution < -0.4 is 10.3 Å². The van der Waals surface area contributed by atoms with Gasteiger partial charge in [-0.2, -0.15) is 0 Å². The molecular weight excluding hydrogens is 370 g/mol. The first-order valence-corrected chi connectivity index (χ1v) is 10.00. The zero-order valence-electron chi connectivity index (χ0n) is 17.3. The summed E-state index contributed by atoms with van der Waals surface area (Å²) in [7, 11) is 0.